The van der Waals surface area contributed by atoms with Gasteiger partial charge in [0.25, 0.3) is 0 Å². The number of benzene rings is 9. The standard InChI is InChI=1S/C55H41N3/c1-56-47-29-19-42(20-30-47)44-23-33-49(34-24-44)57(48-31-21-43(22-32-48)41-17-15-40(16-18-41)39-9-3-2-4-10-39)50-35-25-45(26-36-50)46-27-37-51(38-28-46)58-54-13-7-5-11-52(54)53-12-6-8-14-55(53)58/h2-38,56H,1H3. The minimum Gasteiger partial charge on any atom is -0.388 e. The van der Waals surface area contributed by atoms with Gasteiger partial charge in [-0.25, -0.2) is 0 Å². The summed E-state index contributed by atoms with van der Waals surface area (Å²) in [7, 11) is 1.95. The summed E-state index contributed by atoms with van der Waals surface area (Å²) in [5.41, 5.74) is 17.5. The predicted octanol–water partition coefficient (Wildman–Crippen LogP) is 15.0. The highest BCUT2D eigenvalue weighted by molar-refractivity contribution is 6.09. The van der Waals surface area contributed by atoms with Crippen LogP contribution in [-0.2, 0) is 0 Å². The van der Waals surface area contributed by atoms with E-state index in [-0.39, 0.29) is 0 Å². The van der Waals surface area contributed by atoms with Gasteiger partial charge >= 0.3 is 0 Å². The third kappa shape index (κ3) is 6.59. The van der Waals surface area contributed by atoms with Gasteiger partial charge in [-0.3, -0.25) is 0 Å². The van der Waals surface area contributed by atoms with Gasteiger partial charge in [0.05, 0.1) is 11.0 Å². The monoisotopic (exact) mass is 743 g/mol. The highest BCUT2D eigenvalue weighted by atomic mass is 15.1. The van der Waals surface area contributed by atoms with Gasteiger partial charge < -0.3 is 14.8 Å². The van der Waals surface area contributed by atoms with Crippen molar-refractivity contribution in [2.75, 3.05) is 17.3 Å². The Morgan fingerprint density at radius 1 is 0.310 bits per heavy atom. The molecule has 276 valence electrons. The molecule has 1 N–H and O–H groups in total. The van der Waals surface area contributed by atoms with Crippen molar-refractivity contribution in [3.63, 3.8) is 0 Å². The van der Waals surface area contributed by atoms with Crippen molar-refractivity contribution < 1.29 is 0 Å². The van der Waals surface area contributed by atoms with E-state index in [9.17, 15) is 0 Å². The molecule has 3 heteroatoms. The average molecular weight is 744 g/mol. The van der Waals surface area contributed by atoms with Crippen LogP contribution in [0.3, 0.4) is 0 Å². The van der Waals surface area contributed by atoms with E-state index in [1.807, 2.05) is 7.05 Å². The number of fused-ring (bicyclic) bond motifs is 3. The molecule has 0 aliphatic rings. The molecule has 0 bridgehead atoms. The first-order valence-electron chi connectivity index (χ1n) is 19.8. The van der Waals surface area contributed by atoms with Crippen LogP contribution < -0.4 is 10.2 Å². The molecule has 1 aromatic heterocycles. The van der Waals surface area contributed by atoms with Crippen molar-refractivity contribution in [1.29, 1.82) is 0 Å². The van der Waals surface area contributed by atoms with Crippen LogP contribution in [0.5, 0.6) is 0 Å². The molecule has 0 aliphatic carbocycles. The number of rotatable bonds is 9. The Morgan fingerprint density at radius 2 is 0.621 bits per heavy atom. The van der Waals surface area contributed by atoms with Gasteiger partial charge in [0, 0.05) is 46.3 Å². The largest absolute Gasteiger partial charge is 0.388 e. The van der Waals surface area contributed by atoms with Gasteiger partial charge in [-0.05, 0) is 117 Å². The molecule has 0 saturated carbocycles. The lowest BCUT2D eigenvalue weighted by atomic mass is 10.00. The third-order valence-corrected chi connectivity index (χ3v) is 11.2. The summed E-state index contributed by atoms with van der Waals surface area (Å²) in [5, 5.41) is 5.76. The highest BCUT2D eigenvalue weighted by Crippen LogP contribution is 2.39. The summed E-state index contributed by atoms with van der Waals surface area (Å²) < 4.78 is 2.36. The molecule has 0 fully saturated rings. The van der Waals surface area contributed by atoms with Gasteiger partial charge in [0.2, 0.25) is 0 Å². The molecule has 10 rings (SSSR count). The number of hydrogen-bond donors (Lipinski definition) is 1. The molecule has 58 heavy (non-hydrogen) atoms. The molecule has 0 spiro atoms. The Bertz CT molecular complexity index is 2910. The fourth-order valence-corrected chi connectivity index (χ4v) is 8.17. The van der Waals surface area contributed by atoms with Gasteiger partial charge in [-0.1, -0.05) is 152 Å². The van der Waals surface area contributed by atoms with Crippen LogP contribution >= 0.6 is 0 Å². The van der Waals surface area contributed by atoms with E-state index in [0.717, 1.165) is 28.4 Å². The zero-order valence-electron chi connectivity index (χ0n) is 32.3. The SMILES string of the molecule is CNc1ccc(-c2ccc(N(c3ccc(-c4ccc(-c5ccccc5)cc4)cc3)c3ccc(-c4ccc(-n5c6ccccc6c6ccccc65)cc4)cc3)cc2)cc1. The van der Waals surface area contributed by atoms with E-state index < -0.39 is 0 Å². The van der Waals surface area contributed by atoms with Crippen molar-refractivity contribution in [3.8, 4) is 50.2 Å². The molecule has 0 atom stereocenters. The summed E-state index contributed by atoms with van der Waals surface area (Å²) in [6.07, 6.45) is 0. The lowest BCUT2D eigenvalue weighted by molar-refractivity contribution is 1.18. The Morgan fingerprint density at radius 3 is 1.02 bits per heavy atom. The fraction of sp³-hybridized carbons (Fsp3) is 0.0182. The molecule has 10 aromatic rings. The molecule has 0 aliphatic heterocycles. The zero-order valence-corrected chi connectivity index (χ0v) is 32.3. The van der Waals surface area contributed by atoms with Crippen LogP contribution in [-0.4, -0.2) is 11.6 Å². The van der Waals surface area contributed by atoms with Gasteiger partial charge in [-0.15, -0.1) is 0 Å². The maximum Gasteiger partial charge on any atom is 0.0541 e. The zero-order chi connectivity index (χ0) is 38.8. The van der Waals surface area contributed by atoms with Crippen LogP contribution in [0.25, 0.3) is 72.0 Å². The van der Waals surface area contributed by atoms with Crippen LogP contribution in [0.1, 0.15) is 0 Å². The lowest BCUT2D eigenvalue weighted by Crippen LogP contribution is -2.09. The smallest absolute Gasteiger partial charge is 0.0541 e. The van der Waals surface area contributed by atoms with Crippen LogP contribution in [0.4, 0.5) is 22.7 Å². The second kappa shape index (κ2) is 15.1. The minimum absolute atomic E-state index is 1.09. The summed E-state index contributed by atoms with van der Waals surface area (Å²) in [5.74, 6) is 0. The van der Waals surface area contributed by atoms with Crippen molar-refractivity contribution in [1.82, 2.24) is 4.57 Å². The van der Waals surface area contributed by atoms with Gasteiger partial charge in [0.1, 0.15) is 0 Å². The van der Waals surface area contributed by atoms with E-state index in [4.69, 9.17) is 0 Å². The maximum absolute atomic E-state index is 3.22. The Hall–Kier alpha value is -7.62. The van der Waals surface area contributed by atoms with E-state index in [0.29, 0.717) is 0 Å². The first-order valence-corrected chi connectivity index (χ1v) is 19.8. The molecule has 0 unspecified atom stereocenters. The van der Waals surface area contributed by atoms with Crippen LogP contribution in [0, 0.1) is 0 Å². The number of anilines is 4. The van der Waals surface area contributed by atoms with E-state index in [1.165, 1.54) is 66.3 Å². The average Bonchev–Trinajstić information content (AvgIpc) is 3.65. The second-order valence-electron chi connectivity index (χ2n) is 14.7. The molecule has 0 amide bonds. The second-order valence-corrected chi connectivity index (χ2v) is 14.7. The summed E-state index contributed by atoms with van der Waals surface area (Å²) >= 11 is 0. The predicted molar refractivity (Wildman–Crippen MR) is 247 cm³/mol. The van der Waals surface area contributed by atoms with E-state index in [1.54, 1.807) is 0 Å². The minimum atomic E-state index is 1.09. The Kier molecular flexibility index (Phi) is 9.09. The van der Waals surface area contributed by atoms with Crippen molar-refractivity contribution in [2.24, 2.45) is 0 Å². The first kappa shape index (κ1) is 34.8. The van der Waals surface area contributed by atoms with Gasteiger partial charge in [-0.2, -0.15) is 0 Å². The molecule has 0 radical (unpaired) electrons. The lowest BCUT2D eigenvalue weighted by Gasteiger charge is -2.26. The number of hydrogen-bond acceptors (Lipinski definition) is 2. The summed E-state index contributed by atoms with van der Waals surface area (Å²) in [6, 6.07) is 80.9. The summed E-state index contributed by atoms with van der Waals surface area (Å²) in [4.78, 5) is 2.34. The van der Waals surface area contributed by atoms with E-state index in [2.05, 4.69) is 239 Å². The molecule has 0 saturated heterocycles. The number of nitrogens with zero attached hydrogens (tertiary/aromatic N) is 2. The molecular weight excluding hydrogens is 703 g/mol. The van der Waals surface area contributed by atoms with Crippen molar-refractivity contribution in [3.05, 3.63) is 224 Å². The number of para-hydroxylation sites is 2. The highest BCUT2D eigenvalue weighted by Gasteiger charge is 2.15. The summed E-state index contributed by atoms with van der Waals surface area (Å²) in [6.45, 7) is 0. The normalized spacial score (nSPS) is 11.2. The molecule has 9 aromatic carbocycles. The Labute approximate surface area is 339 Å². The Balaban J connectivity index is 0.966. The fourth-order valence-electron chi connectivity index (χ4n) is 8.17. The van der Waals surface area contributed by atoms with Crippen molar-refractivity contribution >= 4 is 44.6 Å². The quantitative estimate of drug-likeness (QED) is 0.159. The molecule has 3 nitrogen and oxygen atoms in total. The van der Waals surface area contributed by atoms with Gasteiger partial charge in [0.15, 0.2) is 0 Å². The molecular formula is C55H41N3. The van der Waals surface area contributed by atoms with Crippen LogP contribution in [0.2, 0.25) is 0 Å². The maximum atomic E-state index is 3.22. The number of aromatic nitrogens is 1. The third-order valence-electron chi connectivity index (χ3n) is 11.2. The topological polar surface area (TPSA) is 20.2 Å². The number of nitrogens with one attached hydrogen (secondary N) is 1. The van der Waals surface area contributed by atoms with Crippen LogP contribution in [0.15, 0.2) is 224 Å². The first-order chi connectivity index (χ1) is 28.7. The molecule has 1 heterocycles. The van der Waals surface area contributed by atoms with E-state index >= 15 is 0 Å². The van der Waals surface area contributed by atoms with Crippen molar-refractivity contribution in [2.45, 2.75) is 0 Å².